The van der Waals surface area contributed by atoms with E-state index in [1.165, 1.54) is 4.88 Å². The van der Waals surface area contributed by atoms with E-state index in [4.69, 9.17) is 4.74 Å². The predicted octanol–water partition coefficient (Wildman–Crippen LogP) is 1.30. The molecule has 1 N–H and O–H groups in total. The topological polar surface area (TPSA) is 71.5 Å². The number of thiazole rings is 1. The maximum Gasteiger partial charge on any atom is 0.230 e. The number of nitrogens with one attached hydrogen (secondary N) is 1. The number of aromatic nitrogens is 1. The van der Waals surface area contributed by atoms with Crippen LogP contribution in [0.15, 0.2) is 17.7 Å². The van der Waals surface area contributed by atoms with E-state index in [0.29, 0.717) is 13.1 Å². The second-order valence-electron chi connectivity index (χ2n) is 7.36. The van der Waals surface area contributed by atoms with Gasteiger partial charge in [-0.2, -0.15) is 0 Å². The molecule has 2 amide bonds. The van der Waals surface area contributed by atoms with Gasteiger partial charge in [0.15, 0.2) is 0 Å². The number of hydrogen-bond acceptors (Lipinski definition) is 5. The molecule has 2 bridgehead atoms. The third-order valence-electron chi connectivity index (χ3n) is 5.55. The predicted molar refractivity (Wildman–Crippen MR) is 94.1 cm³/mol. The first kappa shape index (κ1) is 16.7. The molecule has 0 saturated carbocycles. The molecule has 134 valence electrons. The molecule has 2 fully saturated rings. The third-order valence-corrected chi connectivity index (χ3v) is 6.55. The molecule has 1 aromatic rings. The second-order valence-corrected chi connectivity index (χ2v) is 8.30. The van der Waals surface area contributed by atoms with E-state index >= 15 is 0 Å². The van der Waals surface area contributed by atoms with Crippen molar-refractivity contribution in [3.63, 3.8) is 0 Å². The molecule has 4 atom stereocenters. The van der Waals surface area contributed by atoms with Gasteiger partial charge < -0.3 is 15.0 Å². The molecule has 0 radical (unpaired) electrons. The minimum absolute atomic E-state index is 0.0419. The van der Waals surface area contributed by atoms with Crippen molar-refractivity contribution in [3.8, 4) is 0 Å². The van der Waals surface area contributed by atoms with E-state index in [1.54, 1.807) is 11.3 Å². The molecule has 3 aliphatic rings. The van der Waals surface area contributed by atoms with E-state index in [2.05, 4.69) is 10.3 Å². The fourth-order valence-electron chi connectivity index (χ4n) is 4.25. The molecule has 0 aliphatic carbocycles. The molecule has 2 saturated heterocycles. The molecule has 0 unspecified atom stereocenters. The van der Waals surface area contributed by atoms with Crippen LogP contribution in [0.2, 0.25) is 0 Å². The highest BCUT2D eigenvalue weighted by Gasteiger charge is 2.66. The van der Waals surface area contributed by atoms with Crippen LogP contribution < -0.4 is 5.32 Å². The Hall–Kier alpha value is -1.73. The van der Waals surface area contributed by atoms with Gasteiger partial charge in [-0.05, 0) is 20.8 Å². The zero-order valence-electron chi connectivity index (χ0n) is 14.7. The average Bonchev–Trinajstić information content (AvgIpc) is 3.29. The lowest BCUT2D eigenvalue weighted by atomic mass is 9.77. The van der Waals surface area contributed by atoms with E-state index < -0.39 is 17.4 Å². The monoisotopic (exact) mass is 361 g/mol. The summed E-state index contributed by atoms with van der Waals surface area (Å²) in [5, 5.41) is 3.00. The van der Waals surface area contributed by atoms with Crippen molar-refractivity contribution < 1.29 is 14.3 Å². The van der Waals surface area contributed by atoms with E-state index in [9.17, 15) is 9.59 Å². The van der Waals surface area contributed by atoms with E-state index in [1.807, 2.05) is 43.3 Å². The Bertz CT molecular complexity index is 744. The highest BCUT2D eigenvalue weighted by atomic mass is 32.1. The molecule has 6 nitrogen and oxygen atoms in total. The molecule has 3 aliphatic heterocycles. The SMILES string of the molecule is Cc1ncsc1CCNC(=O)[C@H]1[C@@H]2C=C[C@@]3(CN(C(C)C)C(=O)[C@@H]13)O2. The van der Waals surface area contributed by atoms with E-state index in [-0.39, 0.29) is 24.0 Å². The Morgan fingerprint density at radius 3 is 3.04 bits per heavy atom. The number of aryl methyl sites for hydroxylation is 1. The molecule has 25 heavy (non-hydrogen) atoms. The van der Waals surface area contributed by atoms with Crippen LogP contribution in [-0.2, 0) is 20.7 Å². The number of rotatable bonds is 5. The number of likely N-dealkylation sites (tertiary alicyclic amines) is 1. The molecule has 4 heterocycles. The summed E-state index contributed by atoms with van der Waals surface area (Å²) in [6.45, 7) is 7.07. The van der Waals surface area contributed by atoms with Gasteiger partial charge in [-0.15, -0.1) is 11.3 Å². The first-order chi connectivity index (χ1) is 11.9. The summed E-state index contributed by atoms with van der Waals surface area (Å²) in [5.41, 5.74) is 2.23. The molecule has 1 aromatic heterocycles. The van der Waals surface area contributed by atoms with Crippen molar-refractivity contribution in [2.75, 3.05) is 13.1 Å². The third kappa shape index (κ3) is 2.52. The fraction of sp³-hybridized carbons (Fsp3) is 0.611. The number of carbonyl (C=O) groups is 2. The highest BCUT2D eigenvalue weighted by Crippen LogP contribution is 2.52. The summed E-state index contributed by atoms with van der Waals surface area (Å²) in [7, 11) is 0. The van der Waals surface area contributed by atoms with Crippen molar-refractivity contribution in [1.82, 2.24) is 15.2 Å². The van der Waals surface area contributed by atoms with Crippen LogP contribution in [0.4, 0.5) is 0 Å². The molecule has 0 aromatic carbocycles. The highest BCUT2D eigenvalue weighted by molar-refractivity contribution is 7.09. The fourth-order valence-corrected chi connectivity index (χ4v) is 5.03. The van der Waals surface area contributed by atoms with Crippen LogP contribution in [-0.4, -0.2) is 52.5 Å². The Morgan fingerprint density at radius 2 is 2.36 bits per heavy atom. The molecular weight excluding hydrogens is 338 g/mol. The van der Waals surface area contributed by atoms with Crippen molar-refractivity contribution >= 4 is 23.2 Å². The summed E-state index contributed by atoms with van der Waals surface area (Å²) in [5.74, 6) is -0.860. The quantitative estimate of drug-likeness (QED) is 0.803. The zero-order valence-corrected chi connectivity index (χ0v) is 15.5. The van der Waals surface area contributed by atoms with Gasteiger partial charge in [-0.3, -0.25) is 9.59 Å². The lowest BCUT2D eigenvalue weighted by Gasteiger charge is -2.24. The molecular formula is C18H23N3O3S. The standard InChI is InChI=1S/C18H23N3O3S/c1-10(2)21-8-18-6-4-12(24-18)14(15(18)17(21)23)16(22)19-7-5-13-11(3)20-9-25-13/h4,6,9-10,12,14-15H,5,7-8H2,1-3H3,(H,19,22)/t12-,14-,15+,18-/m0/s1. The maximum atomic E-state index is 12.9. The second kappa shape index (κ2) is 5.92. The maximum absolute atomic E-state index is 12.9. The van der Waals surface area contributed by atoms with Crippen LogP contribution in [0.25, 0.3) is 0 Å². The van der Waals surface area contributed by atoms with Crippen molar-refractivity contribution in [1.29, 1.82) is 0 Å². The van der Waals surface area contributed by atoms with Crippen molar-refractivity contribution in [3.05, 3.63) is 28.2 Å². The van der Waals surface area contributed by atoms with Gasteiger partial charge in [0.1, 0.15) is 5.60 Å². The molecule has 7 heteroatoms. The first-order valence-corrected chi connectivity index (χ1v) is 9.65. The van der Waals surface area contributed by atoms with Crippen LogP contribution in [0.3, 0.4) is 0 Å². The minimum atomic E-state index is -0.609. The van der Waals surface area contributed by atoms with Crippen molar-refractivity contribution in [2.45, 2.75) is 44.9 Å². The number of ether oxygens (including phenoxy) is 1. The van der Waals surface area contributed by atoms with Crippen LogP contribution in [0.5, 0.6) is 0 Å². The summed E-state index contributed by atoms with van der Waals surface area (Å²) in [6.07, 6.45) is 4.42. The minimum Gasteiger partial charge on any atom is -0.360 e. The number of fused-ring (bicyclic) bond motifs is 1. The molecule has 1 spiro atoms. The zero-order chi connectivity index (χ0) is 17.8. The number of amides is 2. The Kier molecular flexibility index (Phi) is 3.96. The lowest BCUT2D eigenvalue weighted by Crippen LogP contribution is -2.44. The van der Waals surface area contributed by atoms with Gasteiger partial charge in [0, 0.05) is 23.9 Å². The van der Waals surface area contributed by atoms with Crippen LogP contribution >= 0.6 is 11.3 Å². The first-order valence-electron chi connectivity index (χ1n) is 8.77. The van der Waals surface area contributed by atoms with Gasteiger partial charge in [0.2, 0.25) is 11.8 Å². The summed E-state index contributed by atoms with van der Waals surface area (Å²) in [4.78, 5) is 32.9. The molecule has 4 rings (SSSR count). The Morgan fingerprint density at radius 1 is 1.56 bits per heavy atom. The van der Waals surface area contributed by atoms with Gasteiger partial charge in [-0.1, -0.05) is 12.2 Å². The number of nitrogens with zero attached hydrogens (tertiary/aromatic N) is 2. The van der Waals surface area contributed by atoms with Crippen LogP contribution in [0.1, 0.15) is 24.4 Å². The Balaban J connectivity index is 1.45. The van der Waals surface area contributed by atoms with Gasteiger partial charge in [-0.25, -0.2) is 4.98 Å². The normalized spacial score (nSPS) is 32.7. The number of carbonyl (C=O) groups excluding carboxylic acids is 2. The summed E-state index contributed by atoms with van der Waals surface area (Å²) >= 11 is 1.60. The summed E-state index contributed by atoms with van der Waals surface area (Å²) < 4.78 is 6.10. The lowest BCUT2D eigenvalue weighted by molar-refractivity contribution is -0.138. The smallest absolute Gasteiger partial charge is 0.230 e. The van der Waals surface area contributed by atoms with Crippen molar-refractivity contribution in [2.24, 2.45) is 11.8 Å². The Labute approximate surface area is 151 Å². The number of hydrogen-bond donors (Lipinski definition) is 1. The van der Waals surface area contributed by atoms with Gasteiger partial charge >= 0.3 is 0 Å². The van der Waals surface area contributed by atoms with E-state index in [0.717, 1.165) is 12.1 Å². The van der Waals surface area contributed by atoms with Crippen LogP contribution in [0, 0.1) is 18.8 Å². The van der Waals surface area contributed by atoms with Gasteiger partial charge in [0.05, 0.1) is 35.7 Å². The summed E-state index contributed by atoms with van der Waals surface area (Å²) in [6, 6.07) is 0.113. The average molecular weight is 361 g/mol. The largest absolute Gasteiger partial charge is 0.360 e. The van der Waals surface area contributed by atoms with Gasteiger partial charge in [0.25, 0.3) is 0 Å².